The normalized spacial score (nSPS) is 32.8. The summed E-state index contributed by atoms with van der Waals surface area (Å²) < 4.78 is 0. The zero-order chi connectivity index (χ0) is 12.5. The molecule has 1 aliphatic heterocycles. The summed E-state index contributed by atoms with van der Waals surface area (Å²) in [6.07, 6.45) is 5.76. The van der Waals surface area contributed by atoms with Crippen LogP contribution in [0.3, 0.4) is 0 Å². The lowest BCUT2D eigenvalue weighted by Crippen LogP contribution is -2.47. The van der Waals surface area contributed by atoms with Gasteiger partial charge in [0.05, 0.1) is 0 Å². The van der Waals surface area contributed by atoms with Crippen molar-refractivity contribution in [3.05, 3.63) is 0 Å². The van der Waals surface area contributed by atoms with E-state index in [4.69, 9.17) is 5.73 Å². The molecule has 2 fully saturated rings. The Labute approximate surface area is 105 Å². The van der Waals surface area contributed by atoms with Gasteiger partial charge < -0.3 is 10.6 Å². The summed E-state index contributed by atoms with van der Waals surface area (Å²) in [5, 5.41) is 0. The van der Waals surface area contributed by atoms with Gasteiger partial charge in [0.25, 0.3) is 0 Å². The smallest absolute Gasteiger partial charge is 0.226 e. The van der Waals surface area contributed by atoms with Crippen molar-refractivity contribution in [2.45, 2.75) is 46.0 Å². The summed E-state index contributed by atoms with van der Waals surface area (Å²) in [6.45, 7) is 7.09. The van der Waals surface area contributed by atoms with E-state index in [0.717, 1.165) is 32.4 Å². The molecule has 17 heavy (non-hydrogen) atoms. The summed E-state index contributed by atoms with van der Waals surface area (Å²) in [7, 11) is 0. The van der Waals surface area contributed by atoms with Crippen LogP contribution in [0.5, 0.6) is 0 Å². The van der Waals surface area contributed by atoms with Gasteiger partial charge in [-0.3, -0.25) is 4.79 Å². The molecular formula is C14H26N2O. The number of nitrogens with zero attached hydrogens (tertiary/aromatic N) is 1. The van der Waals surface area contributed by atoms with Gasteiger partial charge in [-0.25, -0.2) is 0 Å². The predicted molar refractivity (Wildman–Crippen MR) is 69.5 cm³/mol. The van der Waals surface area contributed by atoms with E-state index in [9.17, 15) is 4.79 Å². The Balaban J connectivity index is 1.99. The molecule has 98 valence electrons. The minimum absolute atomic E-state index is 0.217. The lowest BCUT2D eigenvalue weighted by molar-refractivity contribution is -0.139. The Morgan fingerprint density at radius 2 is 2.12 bits per heavy atom. The number of amides is 1. The van der Waals surface area contributed by atoms with E-state index < -0.39 is 0 Å². The van der Waals surface area contributed by atoms with Crippen LogP contribution < -0.4 is 5.73 Å². The van der Waals surface area contributed by atoms with E-state index in [1.807, 2.05) is 0 Å². The van der Waals surface area contributed by atoms with Gasteiger partial charge in [0.1, 0.15) is 0 Å². The second-order valence-corrected chi connectivity index (χ2v) is 6.56. The van der Waals surface area contributed by atoms with Gasteiger partial charge in [0.2, 0.25) is 5.91 Å². The minimum Gasteiger partial charge on any atom is -0.342 e. The van der Waals surface area contributed by atoms with Crippen LogP contribution in [0.4, 0.5) is 0 Å². The number of nitrogens with two attached hydrogens (primary N) is 1. The minimum atomic E-state index is 0.217. The molecule has 1 aliphatic carbocycles. The molecule has 3 nitrogen and oxygen atoms in total. The second kappa shape index (κ2) is 4.97. The standard InChI is InChI=1S/C14H26N2O/c1-14(2)7-4-8-16(10-14)13(17)12-6-3-5-11(12)9-15/h11-12H,3-10,15H2,1-2H3/t11-,12-/m1/s1. The summed E-state index contributed by atoms with van der Waals surface area (Å²) in [5.41, 5.74) is 6.07. The lowest BCUT2D eigenvalue weighted by atomic mass is 9.83. The van der Waals surface area contributed by atoms with Crippen molar-refractivity contribution >= 4 is 5.91 Å². The maximum atomic E-state index is 12.5. The zero-order valence-electron chi connectivity index (χ0n) is 11.2. The van der Waals surface area contributed by atoms with Crippen LogP contribution in [-0.4, -0.2) is 30.4 Å². The Bertz CT molecular complexity index is 288. The molecule has 0 aromatic rings. The van der Waals surface area contributed by atoms with Crippen molar-refractivity contribution in [3.63, 3.8) is 0 Å². The van der Waals surface area contributed by atoms with E-state index in [2.05, 4.69) is 18.7 Å². The number of carbonyl (C=O) groups excluding carboxylic acids is 1. The van der Waals surface area contributed by atoms with Gasteiger partial charge in [-0.2, -0.15) is 0 Å². The van der Waals surface area contributed by atoms with E-state index >= 15 is 0 Å². The third-order valence-electron chi connectivity index (χ3n) is 4.49. The van der Waals surface area contributed by atoms with Crippen LogP contribution in [-0.2, 0) is 4.79 Å². The highest BCUT2D eigenvalue weighted by molar-refractivity contribution is 5.79. The highest BCUT2D eigenvalue weighted by Crippen LogP contribution is 2.35. The zero-order valence-corrected chi connectivity index (χ0v) is 11.2. The fraction of sp³-hybridized carbons (Fsp3) is 0.929. The molecule has 0 bridgehead atoms. The number of likely N-dealkylation sites (tertiary alicyclic amines) is 1. The van der Waals surface area contributed by atoms with Crippen molar-refractivity contribution in [2.24, 2.45) is 23.0 Å². The van der Waals surface area contributed by atoms with E-state index in [0.29, 0.717) is 23.8 Å². The topological polar surface area (TPSA) is 46.3 Å². The fourth-order valence-corrected chi connectivity index (χ4v) is 3.49. The summed E-state index contributed by atoms with van der Waals surface area (Å²) in [4.78, 5) is 14.6. The second-order valence-electron chi connectivity index (χ2n) is 6.56. The highest BCUT2D eigenvalue weighted by Gasteiger charge is 2.37. The highest BCUT2D eigenvalue weighted by atomic mass is 16.2. The molecule has 0 unspecified atom stereocenters. The van der Waals surface area contributed by atoms with Crippen molar-refractivity contribution in [1.29, 1.82) is 0 Å². The lowest BCUT2D eigenvalue weighted by Gasteiger charge is -2.39. The molecular weight excluding hydrogens is 212 g/mol. The monoisotopic (exact) mass is 238 g/mol. The molecule has 0 radical (unpaired) electrons. The van der Waals surface area contributed by atoms with Crippen LogP contribution in [0.25, 0.3) is 0 Å². The van der Waals surface area contributed by atoms with Crippen molar-refractivity contribution < 1.29 is 4.79 Å². The number of hydrogen-bond acceptors (Lipinski definition) is 2. The Morgan fingerprint density at radius 3 is 2.76 bits per heavy atom. The Hall–Kier alpha value is -0.570. The van der Waals surface area contributed by atoms with Crippen LogP contribution in [0.2, 0.25) is 0 Å². The molecule has 0 spiro atoms. The first kappa shape index (κ1) is 12.9. The van der Waals surface area contributed by atoms with E-state index in [-0.39, 0.29) is 5.92 Å². The third-order valence-corrected chi connectivity index (χ3v) is 4.49. The van der Waals surface area contributed by atoms with Crippen molar-refractivity contribution in [1.82, 2.24) is 4.90 Å². The molecule has 1 heterocycles. The molecule has 3 heteroatoms. The third kappa shape index (κ3) is 2.82. The average molecular weight is 238 g/mol. The van der Waals surface area contributed by atoms with Gasteiger partial charge in [0.15, 0.2) is 0 Å². The van der Waals surface area contributed by atoms with Gasteiger partial charge in [0, 0.05) is 19.0 Å². The molecule has 1 saturated carbocycles. The fourth-order valence-electron chi connectivity index (χ4n) is 3.49. The van der Waals surface area contributed by atoms with Gasteiger partial charge in [-0.15, -0.1) is 0 Å². The quantitative estimate of drug-likeness (QED) is 0.800. The first-order chi connectivity index (χ1) is 8.03. The number of piperidine rings is 1. The van der Waals surface area contributed by atoms with Crippen LogP contribution in [0.15, 0.2) is 0 Å². The van der Waals surface area contributed by atoms with Crippen molar-refractivity contribution in [2.75, 3.05) is 19.6 Å². The van der Waals surface area contributed by atoms with E-state index in [1.165, 1.54) is 12.8 Å². The van der Waals surface area contributed by atoms with Crippen LogP contribution in [0, 0.1) is 17.3 Å². The molecule has 2 aliphatic rings. The largest absolute Gasteiger partial charge is 0.342 e. The van der Waals surface area contributed by atoms with Crippen molar-refractivity contribution in [3.8, 4) is 0 Å². The van der Waals surface area contributed by atoms with Gasteiger partial charge in [-0.05, 0) is 43.6 Å². The number of rotatable bonds is 2. The number of hydrogen-bond donors (Lipinski definition) is 1. The summed E-state index contributed by atoms with van der Waals surface area (Å²) in [5.74, 6) is 1.03. The molecule has 2 rings (SSSR count). The maximum absolute atomic E-state index is 12.5. The summed E-state index contributed by atoms with van der Waals surface area (Å²) in [6, 6.07) is 0. The molecule has 2 N–H and O–H groups in total. The first-order valence-corrected chi connectivity index (χ1v) is 7.02. The SMILES string of the molecule is CC1(C)CCCN(C(=O)[C@@H]2CCC[C@@H]2CN)C1. The molecule has 1 saturated heterocycles. The Morgan fingerprint density at radius 1 is 1.35 bits per heavy atom. The summed E-state index contributed by atoms with van der Waals surface area (Å²) >= 11 is 0. The molecule has 1 amide bonds. The van der Waals surface area contributed by atoms with Crippen LogP contribution in [0.1, 0.15) is 46.0 Å². The van der Waals surface area contributed by atoms with Crippen LogP contribution >= 0.6 is 0 Å². The first-order valence-electron chi connectivity index (χ1n) is 7.02. The molecule has 0 aromatic carbocycles. The Kier molecular flexibility index (Phi) is 3.76. The van der Waals surface area contributed by atoms with Gasteiger partial charge in [-0.1, -0.05) is 20.3 Å². The average Bonchev–Trinajstić information content (AvgIpc) is 2.74. The predicted octanol–water partition coefficient (Wildman–Crippen LogP) is 2.01. The maximum Gasteiger partial charge on any atom is 0.226 e. The molecule has 2 atom stereocenters. The number of carbonyl (C=O) groups is 1. The van der Waals surface area contributed by atoms with E-state index in [1.54, 1.807) is 0 Å². The van der Waals surface area contributed by atoms with Gasteiger partial charge >= 0.3 is 0 Å². The molecule has 0 aromatic heterocycles.